The van der Waals surface area contributed by atoms with Crippen LogP contribution in [0.4, 0.5) is 0 Å². The van der Waals surface area contributed by atoms with Crippen molar-refractivity contribution in [1.82, 2.24) is 0 Å². The molecule has 0 aliphatic carbocycles. The Morgan fingerprint density at radius 3 is 2.30 bits per heavy atom. The first kappa shape index (κ1) is 22.2. The maximum absolute atomic E-state index is 11.9. The molecule has 0 N–H and O–H groups in total. The Balaban J connectivity index is 0. The minimum atomic E-state index is -0.437. The zero-order valence-electron chi connectivity index (χ0n) is 11.8. The Morgan fingerprint density at radius 2 is 1.75 bits per heavy atom. The van der Waals surface area contributed by atoms with Gasteiger partial charge in [-0.3, -0.25) is 0 Å². The van der Waals surface area contributed by atoms with Crippen molar-refractivity contribution in [3.05, 3.63) is 40.8 Å². The van der Waals surface area contributed by atoms with E-state index in [0.29, 0.717) is 23.8 Å². The van der Waals surface area contributed by atoms with Gasteiger partial charge in [-0.25, -0.2) is 0 Å². The molecule has 0 heterocycles. The van der Waals surface area contributed by atoms with E-state index in [-0.39, 0.29) is 45.8 Å². The summed E-state index contributed by atoms with van der Waals surface area (Å²) in [7, 11) is 0. The molecule has 0 amide bonds. The van der Waals surface area contributed by atoms with Gasteiger partial charge >= 0.3 is 23.1 Å². The summed E-state index contributed by atoms with van der Waals surface area (Å²) in [6.45, 7) is 4.79. The second kappa shape index (κ2) is 12.6. The molecule has 0 atom stereocenters. The molecule has 1 aromatic rings. The molecule has 0 saturated carbocycles. The molecule has 1 aromatic carbocycles. The van der Waals surface area contributed by atoms with Crippen LogP contribution >= 0.6 is 11.6 Å². The summed E-state index contributed by atoms with van der Waals surface area (Å²) in [5.74, 6) is -0.208. The van der Waals surface area contributed by atoms with Crippen molar-refractivity contribution >= 4 is 40.4 Å². The van der Waals surface area contributed by atoms with Gasteiger partial charge in [-0.1, -0.05) is 37.6 Å². The van der Waals surface area contributed by atoms with E-state index >= 15 is 0 Å². The second-order valence-electron chi connectivity index (χ2n) is 3.82. The van der Waals surface area contributed by atoms with E-state index < -0.39 is 5.95 Å². The fourth-order valence-electron chi connectivity index (χ4n) is 1.35. The van der Waals surface area contributed by atoms with Crippen molar-refractivity contribution in [3.63, 3.8) is 0 Å². The minimum Gasteiger partial charge on any atom is -1.00 e. The third kappa shape index (κ3) is 7.62. The molecule has 6 heteroatoms. The Labute approximate surface area is 152 Å². The molecule has 0 aliphatic heterocycles. The van der Waals surface area contributed by atoms with Crippen molar-refractivity contribution < 1.29 is 31.6 Å². The molecular formula is C14H18BrClMgO3. The molecule has 3 nitrogen and oxygen atoms in total. The van der Waals surface area contributed by atoms with Gasteiger partial charge in [0.1, 0.15) is 5.76 Å². The summed E-state index contributed by atoms with van der Waals surface area (Å²) in [5.41, 5.74) is 0.650. The molecule has 0 aliphatic rings. The van der Waals surface area contributed by atoms with Gasteiger partial charge in [0.05, 0.1) is 12.6 Å². The van der Waals surface area contributed by atoms with Gasteiger partial charge in [-0.05, 0) is 31.6 Å². The fraction of sp³-hybridized carbons (Fsp3) is 0.429. The molecule has 0 saturated heterocycles. The van der Waals surface area contributed by atoms with Crippen molar-refractivity contribution in [1.29, 1.82) is 0 Å². The van der Waals surface area contributed by atoms with E-state index in [1.54, 1.807) is 24.3 Å². The average Bonchev–Trinajstić information content (AvgIpc) is 2.37. The molecule has 0 unspecified atom stereocenters. The first-order valence-corrected chi connectivity index (χ1v) is 6.49. The van der Waals surface area contributed by atoms with Gasteiger partial charge in [0.2, 0.25) is 0 Å². The van der Waals surface area contributed by atoms with E-state index in [9.17, 15) is 5.11 Å². The van der Waals surface area contributed by atoms with Crippen LogP contribution in [0, 0.1) is 0 Å². The molecule has 0 bridgehead atoms. The molecule has 0 spiro atoms. The first-order valence-electron chi connectivity index (χ1n) is 6.11. The van der Waals surface area contributed by atoms with Crippen LogP contribution in [0.2, 0.25) is 5.02 Å². The first-order chi connectivity index (χ1) is 8.69. The Kier molecular flexibility index (Phi) is 14.0. The van der Waals surface area contributed by atoms with Crippen LogP contribution in [-0.4, -0.2) is 36.3 Å². The van der Waals surface area contributed by atoms with Crippen LogP contribution in [0.1, 0.15) is 32.3 Å². The normalized spacial score (nSPS) is 10.8. The van der Waals surface area contributed by atoms with Crippen LogP contribution in [0.15, 0.2) is 30.2 Å². The maximum atomic E-state index is 11.9. The standard InChI is InChI=1S/C14H19ClO3.BrH.Mg/c1-3-8-17-13(14(16)18-9-4-2)11-6-5-7-12(15)10-11;;/h5-7,10,16H,3-4,8-9H2,1-2H3;1H;/q;;+2/p-2. The van der Waals surface area contributed by atoms with Gasteiger partial charge in [0.15, 0.2) is 0 Å². The topological polar surface area (TPSA) is 41.5 Å². The monoisotopic (exact) mass is 372 g/mol. The number of ether oxygens (including phenoxy) is 2. The van der Waals surface area contributed by atoms with Crippen molar-refractivity contribution in [2.45, 2.75) is 26.7 Å². The number of rotatable bonds is 7. The van der Waals surface area contributed by atoms with Gasteiger partial charge in [-0.15, -0.1) is 0 Å². The maximum Gasteiger partial charge on any atom is 2.00 e. The average molecular weight is 374 g/mol. The second-order valence-corrected chi connectivity index (χ2v) is 4.26. The van der Waals surface area contributed by atoms with Gasteiger partial charge in [-0.2, -0.15) is 0 Å². The quantitative estimate of drug-likeness (QED) is 0.491. The summed E-state index contributed by atoms with van der Waals surface area (Å²) in [4.78, 5) is 0. The number of hydrogen-bond donors (Lipinski definition) is 0. The van der Waals surface area contributed by atoms with E-state index in [2.05, 4.69) is 0 Å². The molecule has 108 valence electrons. The smallest absolute Gasteiger partial charge is 1.00 e. The number of halogens is 2. The third-order valence-corrected chi connectivity index (χ3v) is 2.40. The van der Waals surface area contributed by atoms with Crippen molar-refractivity contribution in [2.75, 3.05) is 13.2 Å². The molecular weight excluding hydrogens is 356 g/mol. The van der Waals surface area contributed by atoms with Crippen molar-refractivity contribution in [2.24, 2.45) is 0 Å². The molecule has 20 heavy (non-hydrogen) atoms. The SMILES string of the molecule is CCCOC([O-])=C(OCCC)c1cccc(Cl)c1.[Br-].[Mg+2]. The Hall–Kier alpha value is -0.104. The summed E-state index contributed by atoms with van der Waals surface area (Å²) < 4.78 is 10.6. The number of benzene rings is 1. The zero-order valence-corrected chi connectivity index (χ0v) is 15.6. The van der Waals surface area contributed by atoms with Gasteiger partial charge in [0.25, 0.3) is 0 Å². The summed E-state index contributed by atoms with van der Waals surface area (Å²) in [6, 6.07) is 7.00. The van der Waals surface area contributed by atoms with E-state index in [4.69, 9.17) is 21.1 Å². The van der Waals surface area contributed by atoms with Crippen LogP contribution < -0.4 is 22.1 Å². The van der Waals surface area contributed by atoms with Crippen LogP contribution in [0.3, 0.4) is 0 Å². The molecule has 0 aromatic heterocycles. The molecule has 0 fully saturated rings. The molecule has 1 rings (SSSR count). The largest absolute Gasteiger partial charge is 2.00 e. The zero-order chi connectivity index (χ0) is 13.4. The summed E-state index contributed by atoms with van der Waals surface area (Å²) in [5, 5.41) is 12.5. The van der Waals surface area contributed by atoms with E-state index in [1.165, 1.54) is 0 Å². The third-order valence-electron chi connectivity index (χ3n) is 2.16. The Morgan fingerprint density at radius 1 is 1.15 bits per heavy atom. The van der Waals surface area contributed by atoms with E-state index in [1.807, 2.05) is 13.8 Å². The predicted molar refractivity (Wildman–Crippen MR) is 76.6 cm³/mol. The Bertz CT molecular complexity index is 413. The van der Waals surface area contributed by atoms with E-state index in [0.717, 1.165) is 12.8 Å². The summed E-state index contributed by atoms with van der Waals surface area (Å²) >= 11 is 5.91. The van der Waals surface area contributed by atoms with Gasteiger partial charge < -0.3 is 31.6 Å². The van der Waals surface area contributed by atoms with Crippen LogP contribution in [0.5, 0.6) is 0 Å². The van der Waals surface area contributed by atoms with Crippen LogP contribution in [0.25, 0.3) is 5.76 Å². The predicted octanol–water partition coefficient (Wildman–Crippen LogP) is -0.197. The summed E-state index contributed by atoms with van der Waals surface area (Å²) in [6.07, 6.45) is 1.60. The van der Waals surface area contributed by atoms with Gasteiger partial charge in [0, 0.05) is 10.6 Å². The van der Waals surface area contributed by atoms with Crippen LogP contribution in [-0.2, 0) is 9.47 Å². The number of hydrogen-bond acceptors (Lipinski definition) is 3. The fourth-order valence-corrected chi connectivity index (χ4v) is 1.54. The van der Waals surface area contributed by atoms with Crippen molar-refractivity contribution in [3.8, 4) is 0 Å². The minimum absolute atomic E-state index is 0. The molecule has 0 radical (unpaired) electrons.